The van der Waals surface area contributed by atoms with Crippen LogP contribution in [0.5, 0.6) is 0 Å². The van der Waals surface area contributed by atoms with Gasteiger partial charge >= 0.3 is 0 Å². The summed E-state index contributed by atoms with van der Waals surface area (Å²) < 4.78 is 63.9. The molecule has 0 aromatic heterocycles. The maximum Gasteiger partial charge on any atom is 0.246 e. The first-order chi connectivity index (χ1) is 8.34. The van der Waals surface area contributed by atoms with E-state index in [1.807, 2.05) is 0 Å². The summed E-state index contributed by atoms with van der Waals surface area (Å²) in [4.78, 5) is -0.921. The van der Waals surface area contributed by atoms with Crippen LogP contribution in [-0.4, -0.2) is 37.0 Å². The summed E-state index contributed by atoms with van der Waals surface area (Å²) in [6.45, 7) is -0.164. The standard InChI is InChI=1S/C10H10F3NO3S/c11-7-1-2-8(10(13)9(7)12)18(16,17)14-4-3-6(15)5-14/h1-2,6,15H,3-5H2. The van der Waals surface area contributed by atoms with E-state index in [1.165, 1.54) is 0 Å². The Morgan fingerprint density at radius 1 is 1.22 bits per heavy atom. The second-order valence-electron chi connectivity index (χ2n) is 3.98. The van der Waals surface area contributed by atoms with Crippen molar-refractivity contribution in [2.45, 2.75) is 17.4 Å². The number of aliphatic hydroxyl groups excluding tert-OH is 1. The van der Waals surface area contributed by atoms with E-state index in [-0.39, 0.29) is 19.5 Å². The molecule has 1 unspecified atom stereocenters. The van der Waals surface area contributed by atoms with Crippen LogP contribution in [-0.2, 0) is 10.0 Å². The first-order valence-corrected chi connectivity index (χ1v) is 6.59. The van der Waals surface area contributed by atoms with Crippen LogP contribution in [0.15, 0.2) is 17.0 Å². The average Bonchev–Trinajstić information content (AvgIpc) is 2.73. The first kappa shape index (κ1) is 13.3. The zero-order valence-electron chi connectivity index (χ0n) is 9.11. The van der Waals surface area contributed by atoms with Gasteiger partial charge in [0.1, 0.15) is 4.90 Å². The highest BCUT2D eigenvalue weighted by molar-refractivity contribution is 7.89. The van der Waals surface area contributed by atoms with Crippen molar-refractivity contribution in [1.82, 2.24) is 4.31 Å². The topological polar surface area (TPSA) is 57.6 Å². The molecule has 4 nitrogen and oxygen atoms in total. The van der Waals surface area contributed by atoms with Crippen molar-refractivity contribution < 1.29 is 26.7 Å². The molecule has 1 heterocycles. The van der Waals surface area contributed by atoms with Gasteiger partial charge in [0, 0.05) is 13.1 Å². The number of halogens is 3. The molecule has 0 bridgehead atoms. The fraction of sp³-hybridized carbons (Fsp3) is 0.400. The van der Waals surface area contributed by atoms with Gasteiger partial charge in [-0.2, -0.15) is 4.31 Å². The highest BCUT2D eigenvalue weighted by atomic mass is 32.2. The van der Waals surface area contributed by atoms with E-state index in [9.17, 15) is 26.7 Å². The second-order valence-corrected chi connectivity index (χ2v) is 5.89. The number of aliphatic hydroxyl groups is 1. The lowest BCUT2D eigenvalue weighted by molar-refractivity contribution is 0.189. The summed E-state index contributed by atoms with van der Waals surface area (Å²) in [5.74, 6) is -5.01. The summed E-state index contributed by atoms with van der Waals surface area (Å²) >= 11 is 0. The van der Waals surface area contributed by atoms with E-state index >= 15 is 0 Å². The summed E-state index contributed by atoms with van der Waals surface area (Å²) in [6, 6.07) is 1.23. The minimum absolute atomic E-state index is 0.0158. The predicted molar refractivity (Wildman–Crippen MR) is 55.7 cm³/mol. The van der Waals surface area contributed by atoms with Crippen LogP contribution < -0.4 is 0 Å². The van der Waals surface area contributed by atoms with Crippen molar-refractivity contribution in [3.05, 3.63) is 29.6 Å². The fourth-order valence-corrected chi connectivity index (χ4v) is 3.32. The minimum atomic E-state index is -4.25. The van der Waals surface area contributed by atoms with Gasteiger partial charge < -0.3 is 5.11 Å². The molecule has 1 fully saturated rings. The smallest absolute Gasteiger partial charge is 0.246 e. The number of sulfonamides is 1. The number of β-amino-alcohol motifs (C(OH)–C–C–N with tert-alkyl or cyclic N) is 1. The molecule has 0 saturated carbocycles. The van der Waals surface area contributed by atoms with Crippen LogP contribution in [0, 0.1) is 17.5 Å². The Balaban J connectivity index is 2.45. The van der Waals surface area contributed by atoms with Crippen LogP contribution in [0.25, 0.3) is 0 Å². The van der Waals surface area contributed by atoms with E-state index in [0.717, 1.165) is 4.31 Å². The molecule has 1 aromatic carbocycles. The van der Waals surface area contributed by atoms with Crippen molar-refractivity contribution in [1.29, 1.82) is 0 Å². The number of hydrogen-bond donors (Lipinski definition) is 1. The molecule has 0 radical (unpaired) electrons. The molecule has 1 aliphatic rings. The largest absolute Gasteiger partial charge is 0.392 e. The Labute approximate surface area is 102 Å². The summed E-state index contributed by atoms with van der Waals surface area (Å²) in [7, 11) is -4.25. The molecule has 2 rings (SSSR count). The van der Waals surface area contributed by atoms with E-state index in [0.29, 0.717) is 12.1 Å². The number of hydrogen-bond acceptors (Lipinski definition) is 3. The van der Waals surface area contributed by atoms with Gasteiger partial charge in [0.15, 0.2) is 17.5 Å². The van der Waals surface area contributed by atoms with Gasteiger partial charge in [-0.3, -0.25) is 0 Å². The zero-order valence-corrected chi connectivity index (χ0v) is 9.92. The SMILES string of the molecule is O=S(=O)(c1ccc(F)c(F)c1F)N1CCC(O)C1. The Morgan fingerprint density at radius 2 is 1.89 bits per heavy atom. The lowest BCUT2D eigenvalue weighted by atomic mass is 10.3. The van der Waals surface area contributed by atoms with Gasteiger partial charge in [0.05, 0.1) is 6.10 Å². The molecule has 0 spiro atoms. The van der Waals surface area contributed by atoms with Crippen LogP contribution in [0.2, 0.25) is 0 Å². The van der Waals surface area contributed by atoms with E-state index in [4.69, 9.17) is 0 Å². The van der Waals surface area contributed by atoms with Crippen LogP contribution >= 0.6 is 0 Å². The van der Waals surface area contributed by atoms with Gasteiger partial charge in [-0.05, 0) is 18.6 Å². The Kier molecular flexibility index (Phi) is 3.35. The molecule has 1 aliphatic heterocycles. The molecular weight excluding hydrogens is 271 g/mol. The third kappa shape index (κ3) is 2.11. The third-order valence-corrected chi connectivity index (χ3v) is 4.63. The predicted octanol–water partition coefficient (Wildman–Crippen LogP) is 0.859. The molecule has 1 aromatic rings. The minimum Gasteiger partial charge on any atom is -0.392 e. The Hall–Kier alpha value is -1.12. The number of rotatable bonds is 2. The molecule has 1 saturated heterocycles. The summed E-state index contributed by atoms with van der Waals surface area (Å²) in [5, 5.41) is 9.24. The third-order valence-electron chi connectivity index (χ3n) is 2.74. The maximum atomic E-state index is 13.4. The maximum absolute atomic E-state index is 13.4. The highest BCUT2D eigenvalue weighted by Gasteiger charge is 2.34. The van der Waals surface area contributed by atoms with Crippen molar-refractivity contribution >= 4 is 10.0 Å². The Bertz CT molecular complexity index is 576. The van der Waals surface area contributed by atoms with Gasteiger partial charge in [-0.15, -0.1) is 0 Å². The molecule has 18 heavy (non-hydrogen) atoms. The van der Waals surface area contributed by atoms with Crippen LogP contribution in [0.4, 0.5) is 13.2 Å². The number of nitrogens with zero attached hydrogens (tertiary/aromatic N) is 1. The van der Waals surface area contributed by atoms with Crippen LogP contribution in [0.1, 0.15) is 6.42 Å². The number of benzene rings is 1. The van der Waals surface area contributed by atoms with E-state index in [2.05, 4.69) is 0 Å². The molecule has 1 atom stereocenters. The van der Waals surface area contributed by atoms with Crippen molar-refractivity contribution in [3.63, 3.8) is 0 Å². The summed E-state index contributed by atoms with van der Waals surface area (Å²) in [5.41, 5.74) is 0. The summed E-state index contributed by atoms with van der Waals surface area (Å²) in [6.07, 6.45) is -0.599. The van der Waals surface area contributed by atoms with Gasteiger partial charge in [0.2, 0.25) is 10.0 Å². The highest BCUT2D eigenvalue weighted by Crippen LogP contribution is 2.25. The molecule has 0 amide bonds. The average molecular weight is 281 g/mol. The van der Waals surface area contributed by atoms with Gasteiger partial charge in [-0.25, -0.2) is 21.6 Å². The fourth-order valence-electron chi connectivity index (χ4n) is 1.78. The lowest BCUT2D eigenvalue weighted by Gasteiger charge is -2.16. The van der Waals surface area contributed by atoms with Crippen molar-refractivity contribution in [3.8, 4) is 0 Å². The molecule has 100 valence electrons. The second kappa shape index (κ2) is 4.52. The monoisotopic (exact) mass is 281 g/mol. The first-order valence-electron chi connectivity index (χ1n) is 5.15. The Morgan fingerprint density at radius 3 is 2.44 bits per heavy atom. The molecular formula is C10H10F3NO3S. The van der Waals surface area contributed by atoms with Gasteiger partial charge in [0.25, 0.3) is 0 Å². The van der Waals surface area contributed by atoms with Crippen molar-refractivity contribution in [2.75, 3.05) is 13.1 Å². The molecule has 1 N–H and O–H groups in total. The zero-order chi connectivity index (χ0) is 13.5. The van der Waals surface area contributed by atoms with Gasteiger partial charge in [-0.1, -0.05) is 0 Å². The lowest BCUT2D eigenvalue weighted by Crippen LogP contribution is -2.30. The quantitative estimate of drug-likeness (QED) is 0.818. The van der Waals surface area contributed by atoms with Crippen LogP contribution in [0.3, 0.4) is 0 Å². The normalized spacial score (nSPS) is 21.4. The van der Waals surface area contributed by atoms with E-state index in [1.54, 1.807) is 0 Å². The van der Waals surface area contributed by atoms with E-state index < -0.39 is 38.5 Å². The molecule has 0 aliphatic carbocycles. The van der Waals surface area contributed by atoms with Crippen molar-refractivity contribution in [2.24, 2.45) is 0 Å². The molecule has 8 heteroatoms.